The Labute approximate surface area is 185 Å². The maximum Gasteiger partial charge on any atom is 0.223 e. The third-order valence-electron chi connectivity index (χ3n) is 3.29. The van der Waals surface area contributed by atoms with Gasteiger partial charge in [-0.3, -0.25) is 4.79 Å². The molecule has 0 aromatic heterocycles. The highest BCUT2D eigenvalue weighted by Crippen LogP contribution is 2.32. The third-order valence-corrected chi connectivity index (χ3v) is 6.44. The Morgan fingerprint density at radius 1 is 1.10 bits per heavy atom. The summed E-state index contributed by atoms with van der Waals surface area (Å²) in [4.78, 5) is 11.6. The van der Waals surface area contributed by atoms with Gasteiger partial charge in [0.05, 0.1) is 37.8 Å². The summed E-state index contributed by atoms with van der Waals surface area (Å²) in [6.07, 6.45) is 0.343. The van der Waals surface area contributed by atoms with Gasteiger partial charge >= 0.3 is 0 Å². The molecule has 0 bridgehead atoms. The van der Waals surface area contributed by atoms with Gasteiger partial charge in [0.15, 0.2) is 0 Å². The van der Waals surface area contributed by atoms with Crippen molar-refractivity contribution in [2.45, 2.75) is 45.9 Å². The Balaban J connectivity index is 3.48. The van der Waals surface area contributed by atoms with Gasteiger partial charge in [0.1, 0.15) is 0 Å². The third kappa shape index (κ3) is 21.7. The lowest BCUT2D eigenvalue weighted by Crippen LogP contribution is -2.37. The minimum Gasteiger partial charge on any atom is -0.388 e. The second-order valence-electron chi connectivity index (χ2n) is 7.28. The molecule has 0 aliphatic rings. The molecule has 0 aromatic rings. The first-order valence-electron chi connectivity index (χ1n) is 10.1. The van der Waals surface area contributed by atoms with Gasteiger partial charge in [0, 0.05) is 36.9 Å². The van der Waals surface area contributed by atoms with E-state index in [4.69, 9.17) is 9.47 Å². The fourth-order valence-electron chi connectivity index (χ4n) is 1.92. The van der Waals surface area contributed by atoms with E-state index in [1.54, 1.807) is 0 Å². The van der Waals surface area contributed by atoms with E-state index in [1.165, 1.54) is 0 Å². The lowest BCUT2D eigenvalue weighted by atomic mass is 10.2. The highest BCUT2D eigenvalue weighted by molar-refractivity contribution is 8.77. The van der Waals surface area contributed by atoms with E-state index >= 15 is 0 Å². The number of nitrogens with one attached hydrogen (secondary N) is 3. The summed E-state index contributed by atoms with van der Waals surface area (Å²) < 4.78 is 11.0. The highest BCUT2D eigenvalue weighted by atomic mass is 33.1. The molecule has 0 unspecified atom stereocenters. The van der Waals surface area contributed by atoms with Crippen molar-refractivity contribution in [3.05, 3.63) is 12.3 Å². The monoisotopic (exact) mass is 445 g/mol. The second-order valence-corrected chi connectivity index (χ2v) is 10.3. The standard InChI is InChI=1S/C21H39N3O3S2/c1-18(2)8-7-10-23-20(25)9-13-26-15-16-27-14-11-24-21(5,6)29-28-17-12-22-19(3)4/h18,22,24H,3,9-17H2,1-2,4-6H3,(H,23,25). The Bertz CT molecular complexity index is 517. The van der Waals surface area contributed by atoms with Gasteiger partial charge in [0.25, 0.3) is 0 Å². The van der Waals surface area contributed by atoms with Gasteiger partial charge in [-0.05, 0) is 20.8 Å². The highest BCUT2D eigenvalue weighted by Gasteiger charge is 2.17. The summed E-state index contributed by atoms with van der Waals surface area (Å²) in [5.41, 5.74) is 1.00. The number of hydrogen-bond acceptors (Lipinski definition) is 7. The molecule has 0 saturated heterocycles. The average molecular weight is 446 g/mol. The van der Waals surface area contributed by atoms with Crippen LogP contribution < -0.4 is 16.0 Å². The molecule has 0 rings (SSSR count). The first kappa shape index (κ1) is 28.1. The first-order valence-corrected chi connectivity index (χ1v) is 12.4. The zero-order chi connectivity index (χ0) is 22.0. The smallest absolute Gasteiger partial charge is 0.223 e. The molecule has 0 spiro atoms. The summed E-state index contributed by atoms with van der Waals surface area (Å²) in [5, 5.41) is 9.46. The van der Waals surface area contributed by atoms with Gasteiger partial charge < -0.3 is 25.4 Å². The SMILES string of the molecule is C=C(C)NCCSSC(C)(C)NCCOCCOCCC(=O)NCC#CC(C)C. The first-order chi connectivity index (χ1) is 13.7. The molecule has 168 valence electrons. The fraction of sp³-hybridized carbons (Fsp3) is 0.762. The summed E-state index contributed by atoms with van der Waals surface area (Å²) >= 11 is 0. The van der Waals surface area contributed by atoms with Gasteiger partial charge in [-0.25, -0.2) is 0 Å². The van der Waals surface area contributed by atoms with Crippen molar-refractivity contribution in [3.63, 3.8) is 0 Å². The van der Waals surface area contributed by atoms with Crippen LogP contribution in [0.2, 0.25) is 0 Å². The molecule has 29 heavy (non-hydrogen) atoms. The largest absolute Gasteiger partial charge is 0.388 e. The van der Waals surface area contributed by atoms with Crippen LogP contribution in [0.3, 0.4) is 0 Å². The quantitative estimate of drug-likeness (QED) is 0.138. The Hall–Kier alpha value is -0.850. The molecule has 0 aromatic carbocycles. The van der Waals surface area contributed by atoms with E-state index in [0.717, 1.165) is 24.5 Å². The van der Waals surface area contributed by atoms with Crippen LogP contribution >= 0.6 is 21.6 Å². The second kappa shape index (κ2) is 18.0. The molecule has 6 nitrogen and oxygen atoms in total. The molecule has 0 aliphatic heterocycles. The van der Waals surface area contributed by atoms with Crippen molar-refractivity contribution < 1.29 is 14.3 Å². The van der Waals surface area contributed by atoms with Crippen LogP contribution in [-0.2, 0) is 14.3 Å². The van der Waals surface area contributed by atoms with Crippen molar-refractivity contribution in [2.24, 2.45) is 5.92 Å². The molecule has 8 heteroatoms. The molecular formula is C21H39N3O3S2. The number of carbonyl (C=O) groups excluding carboxylic acids is 1. The Morgan fingerprint density at radius 2 is 1.79 bits per heavy atom. The number of hydrogen-bond donors (Lipinski definition) is 3. The lowest BCUT2D eigenvalue weighted by Gasteiger charge is -2.25. The van der Waals surface area contributed by atoms with Gasteiger partial charge in [-0.15, -0.1) is 0 Å². The summed E-state index contributed by atoms with van der Waals surface area (Å²) in [5.74, 6) is 7.23. The van der Waals surface area contributed by atoms with Gasteiger partial charge in [-0.1, -0.05) is 53.9 Å². The normalized spacial score (nSPS) is 11.1. The van der Waals surface area contributed by atoms with Crippen LogP contribution in [0.25, 0.3) is 0 Å². The summed E-state index contributed by atoms with van der Waals surface area (Å²) in [6.45, 7) is 18.3. The molecule has 3 N–H and O–H groups in total. The molecule has 0 radical (unpaired) electrons. The molecule has 0 atom stereocenters. The number of allylic oxidation sites excluding steroid dienone is 1. The molecule has 1 amide bonds. The van der Waals surface area contributed by atoms with E-state index in [9.17, 15) is 4.79 Å². The van der Waals surface area contributed by atoms with Crippen LogP contribution in [0.4, 0.5) is 0 Å². The van der Waals surface area contributed by atoms with Crippen LogP contribution in [0.5, 0.6) is 0 Å². The maximum absolute atomic E-state index is 11.6. The molecule has 0 heterocycles. The fourth-order valence-corrected chi connectivity index (χ4v) is 4.21. The topological polar surface area (TPSA) is 71.6 Å². The van der Waals surface area contributed by atoms with Crippen LogP contribution in [0.15, 0.2) is 12.3 Å². The van der Waals surface area contributed by atoms with E-state index in [2.05, 4.69) is 48.2 Å². The van der Waals surface area contributed by atoms with Gasteiger partial charge in [0.2, 0.25) is 5.91 Å². The zero-order valence-corrected chi connectivity index (χ0v) is 20.3. The molecular weight excluding hydrogens is 406 g/mol. The van der Waals surface area contributed by atoms with Crippen LogP contribution in [0, 0.1) is 17.8 Å². The van der Waals surface area contributed by atoms with Crippen LogP contribution in [0.1, 0.15) is 41.0 Å². The minimum atomic E-state index is -0.0406. The van der Waals surface area contributed by atoms with Crippen molar-refractivity contribution in [2.75, 3.05) is 51.8 Å². The Kier molecular flexibility index (Phi) is 17.4. The predicted octanol–water partition coefficient (Wildman–Crippen LogP) is 3.02. The minimum absolute atomic E-state index is 0.0132. The predicted molar refractivity (Wildman–Crippen MR) is 127 cm³/mol. The Morgan fingerprint density at radius 3 is 2.45 bits per heavy atom. The van der Waals surface area contributed by atoms with Crippen molar-refractivity contribution >= 4 is 27.5 Å². The van der Waals surface area contributed by atoms with E-state index in [1.807, 2.05) is 42.4 Å². The van der Waals surface area contributed by atoms with Crippen molar-refractivity contribution in [1.29, 1.82) is 0 Å². The van der Waals surface area contributed by atoms with E-state index in [-0.39, 0.29) is 10.8 Å². The zero-order valence-electron chi connectivity index (χ0n) is 18.7. The molecule has 0 aliphatic carbocycles. The summed E-state index contributed by atoms with van der Waals surface area (Å²) in [6, 6.07) is 0. The number of rotatable bonds is 17. The number of carbonyl (C=O) groups is 1. The maximum atomic E-state index is 11.6. The molecule has 0 saturated carbocycles. The average Bonchev–Trinajstić information content (AvgIpc) is 2.63. The number of ether oxygens (including phenoxy) is 2. The van der Waals surface area contributed by atoms with E-state index < -0.39 is 0 Å². The van der Waals surface area contributed by atoms with Gasteiger partial charge in [-0.2, -0.15) is 0 Å². The lowest BCUT2D eigenvalue weighted by molar-refractivity contribution is -0.122. The van der Waals surface area contributed by atoms with Crippen molar-refractivity contribution in [3.8, 4) is 11.8 Å². The van der Waals surface area contributed by atoms with E-state index in [0.29, 0.717) is 45.3 Å². The van der Waals surface area contributed by atoms with Crippen molar-refractivity contribution in [1.82, 2.24) is 16.0 Å². The molecule has 0 fully saturated rings. The number of amides is 1. The van der Waals surface area contributed by atoms with Crippen LogP contribution in [-0.4, -0.2) is 62.6 Å². The summed E-state index contributed by atoms with van der Waals surface area (Å²) in [7, 11) is 3.66.